The first-order valence-corrected chi connectivity index (χ1v) is 9.16. The largest absolute Gasteiger partial charge is 0.490 e. The highest BCUT2D eigenvalue weighted by atomic mass is 35.5. The van der Waals surface area contributed by atoms with Gasteiger partial charge in [-0.1, -0.05) is 30.2 Å². The number of halogens is 1. The molecule has 0 saturated carbocycles. The zero-order chi connectivity index (χ0) is 21.1. The standard InChI is InChI=1S/C22H21ClN2O4/c1-4-11-28-19-10-8-18(23)13-17(19)15-24-25-22(26)16-7-9-20(29-12-5-2)21(14-16)27-6-3/h1,5,7-10,13-15H,2,6,11-12H2,3H3,(H,25,26)/b24-15+. The predicted molar refractivity (Wildman–Crippen MR) is 114 cm³/mol. The van der Waals surface area contributed by atoms with E-state index in [0.717, 1.165) is 0 Å². The Labute approximate surface area is 175 Å². The first-order valence-electron chi connectivity index (χ1n) is 8.78. The molecule has 0 bridgehead atoms. The van der Waals surface area contributed by atoms with Crippen LogP contribution in [0.3, 0.4) is 0 Å². The number of amides is 1. The topological polar surface area (TPSA) is 69.2 Å². The molecule has 0 radical (unpaired) electrons. The lowest BCUT2D eigenvalue weighted by molar-refractivity contribution is 0.0954. The van der Waals surface area contributed by atoms with E-state index in [9.17, 15) is 4.79 Å². The number of hydrogen-bond acceptors (Lipinski definition) is 5. The van der Waals surface area contributed by atoms with E-state index >= 15 is 0 Å². The van der Waals surface area contributed by atoms with Crippen molar-refractivity contribution in [3.63, 3.8) is 0 Å². The highest BCUT2D eigenvalue weighted by Crippen LogP contribution is 2.28. The normalized spacial score (nSPS) is 10.2. The van der Waals surface area contributed by atoms with Crippen LogP contribution in [-0.4, -0.2) is 31.9 Å². The van der Waals surface area contributed by atoms with Gasteiger partial charge in [0.05, 0.1) is 12.8 Å². The fraction of sp³-hybridized carbons (Fsp3) is 0.182. The van der Waals surface area contributed by atoms with Crippen molar-refractivity contribution in [2.45, 2.75) is 6.92 Å². The molecule has 2 aromatic carbocycles. The Morgan fingerprint density at radius 1 is 1.21 bits per heavy atom. The Hall–Kier alpha value is -3.43. The van der Waals surface area contributed by atoms with Crippen molar-refractivity contribution in [3.05, 3.63) is 65.2 Å². The molecular formula is C22H21ClN2O4. The highest BCUT2D eigenvalue weighted by molar-refractivity contribution is 6.30. The lowest BCUT2D eigenvalue weighted by Crippen LogP contribution is -2.18. The Bertz CT molecular complexity index is 935. The molecule has 0 aliphatic carbocycles. The minimum atomic E-state index is -0.411. The van der Waals surface area contributed by atoms with Crippen molar-refractivity contribution >= 4 is 23.7 Å². The number of rotatable bonds is 10. The van der Waals surface area contributed by atoms with Gasteiger partial charge in [-0.25, -0.2) is 5.43 Å². The second-order valence-electron chi connectivity index (χ2n) is 5.57. The molecule has 0 unspecified atom stereocenters. The first-order chi connectivity index (χ1) is 14.1. The maximum absolute atomic E-state index is 12.4. The Morgan fingerprint density at radius 2 is 2.00 bits per heavy atom. The minimum Gasteiger partial charge on any atom is -0.490 e. The zero-order valence-corrected chi connectivity index (χ0v) is 16.7. The molecule has 2 aromatic rings. The summed E-state index contributed by atoms with van der Waals surface area (Å²) in [6.07, 6.45) is 8.27. The van der Waals surface area contributed by atoms with Gasteiger partial charge in [-0.15, -0.1) is 6.42 Å². The van der Waals surface area contributed by atoms with E-state index < -0.39 is 5.91 Å². The van der Waals surface area contributed by atoms with Crippen LogP contribution in [0.4, 0.5) is 0 Å². The van der Waals surface area contributed by atoms with Gasteiger partial charge < -0.3 is 14.2 Å². The maximum Gasteiger partial charge on any atom is 0.271 e. The van der Waals surface area contributed by atoms with Crippen LogP contribution in [0.15, 0.2) is 54.2 Å². The number of hydrogen-bond donors (Lipinski definition) is 1. The van der Waals surface area contributed by atoms with Gasteiger partial charge in [0.15, 0.2) is 11.5 Å². The summed E-state index contributed by atoms with van der Waals surface area (Å²) in [5.41, 5.74) is 3.41. The molecule has 0 saturated heterocycles. The maximum atomic E-state index is 12.4. The summed E-state index contributed by atoms with van der Waals surface area (Å²) >= 11 is 6.01. The van der Waals surface area contributed by atoms with Crippen molar-refractivity contribution in [1.29, 1.82) is 0 Å². The van der Waals surface area contributed by atoms with Crippen molar-refractivity contribution in [3.8, 4) is 29.6 Å². The van der Waals surface area contributed by atoms with Gasteiger partial charge in [0, 0.05) is 16.1 Å². The van der Waals surface area contributed by atoms with E-state index in [1.54, 1.807) is 42.5 Å². The summed E-state index contributed by atoms with van der Waals surface area (Å²) in [5, 5.41) is 4.48. The van der Waals surface area contributed by atoms with Crippen LogP contribution in [0.25, 0.3) is 0 Å². The number of nitrogens with one attached hydrogen (secondary N) is 1. The van der Waals surface area contributed by atoms with Gasteiger partial charge in [0.25, 0.3) is 5.91 Å². The van der Waals surface area contributed by atoms with E-state index in [-0.39, 0.29) is 6.61 Å². The Kier molecular flexibility index (Phi) is 8.61. The second-order valence-corrected chi connectivity index (χ2v) is 6.00. The molecule has 0 spiro atoms. The fourth-order valence-corrected chi connectivity index (χ4v) is 2.46. The van der Waals surface area contributed by atoms with E-state index in [4.69, 9.17) is 32.2 Å². The number of nitrogens with zero attached hydrogens (tertiary/aromatic N) is 1. The number of carbonyl (C=O) groups is 1. The van der Waals surface area contributed by atoms with E-state index in [2.05, 4.69) is 23.0 Å². The number of terminal acetylenes is 1. The summed E-state index contributed by atoms with van der Waals surface area (Å²) in [6, 6.07) is 9.88. The van der Waals surface area contributed by atoms with Crippen LogP contribution in [0.1, 0.15) is 22.8 Å². The number of benzene rings is 2. The van der Waals surface area contributed by atoms with Crippen LogP contribution in [0, 0.1) is 12.3 Å². The van der Waals surface area contributed by atoms with E-state index in [1.807, 2.05) is 6.92 Å². The van der Waals surface area contributed by atoms with Crippen LogP contribution in [-0.2, 0) is 0 Å². The van der Waals surface area contributed by atoms with Gasteiger partial charge in [0.2, 0.25) is 0 Å². The van der Waals surface area contributed by atoms with Crippen molar-refractivity contribution < 1.29 is 19.0 Å². The molecule has 2 rings (SSSR count). The smallest absolute Gasteiger partial charge is 0.271 e. The van der Waals surface area contributed by atoms with Crippen molar-refractivity contribution in [2.75, 3.05) is 19.8 Å². The molecule has 29 heavy (non-hydrogen) atoms. The summed E-state index contributed by atoms with van der Waals surface area (Å²) < 4.78 is 16.5. The quantitative estimate of drug-likeness (QED) is 0.276. The monoisotopic (exact) mass is 412 g/mol. The number of ether oxygens (including phenoxy) is 3. The van der Waals surface area contributed by atoms with Crippen molar-refractivity contribution in [2.24, 2.45) is 5.10 Å². The molecule has 0 aliphatic heterocycles. The van der Waals surface area contributed by atoms with Crippen LogP contribution >= 0.6 is 11.6 Å². The van der Waals surface area contributed by atoms with Gasteiger partial charge in [0.1, 0.15) is 19.0 Å². The Morgan fingerprint density at radius 3 is 2.72 bits per heavy atom. The fourth-order valence-electron chi connectivity index (χ4n) is 2.28. The highest BCUT2D eigenvalue weighted by Gasteiger charge is 2.11. The van der Waals surface area contributed by atoms with Crippen LogP contribution < -0.4 is 19.6 Å². The second kappa shape index (κ2) is 11.4. The number of hydrazone groups is 1. The molecule has 7 heteroatoms. The average Bonchev–Trinajstić information content (AvgIpc) is 2.72. The molecule has 1 amide bonds. The van der Waals surface area contributed by atoms with Gasteiger partial charge in [-0.3, -0.25) is 4.79 Å². The van der Waals surface area contributed by atoms with Crippen LogP contribution in [0.2, 0.25) is 5.02 Å². The SMILES string of the molecule is C#CCOc1ccc(Cl)cc1/C=N/NC(=O)c1ccc(OCC=C)c(OCC)c1. The van der Waals surface area contributed by atoms with E-state index in [1.165, 1.54) is 6.21 Å². The molecule has 0 heterocycles. The Balaban J connectivity index is 2.12. The lowest BCUT2D eigenvalue weighted by atomic mass is 10.2. The number of carbonyl (C=O) groups excluding carboxylic acids is 1. The van der Waals surface area contributed by atoms with E-state index in [0.29, 0.717) is 46.6 Å². The lowest BCUT2D eigenvalue weighted by Gasteiger charge is -2.12. The third-order valence-corrected chi connectivity index (χ3v) is 3.75. The zero-order valence-electron chi connectivity index (χ0n) is 16.0. The van der Waals surface area contributed by atoms with Gasteiger partial charge in [-0.05, 0) is 43.3 Å². The van der Waals surface area contributed by atoms with Gasteiger partial charge >= 0.3 is 0 Å². The molecule has 6 nitrogen and oxygen atoms in total. The molecular weight excluding hydrogens is 392 g/mol. The summed E-state index contributed by atoms with van der Waals surface area (Å²) in [7, 11) is 0. The third kappa shape index (κ3) is 6.59. The summed E-state index contributed by atoms with van der Waals surface area (Å²) in [5.74, 6) is 3.48. The molecule has 0 aliphatic rings. The third-order valence-electron chi connectivity index (χ3n) is 3.51. The molecule has 0 atom stereocenters. The predicted octanol–water partition coefficient (Wildman–Crippen LogP) is 4.08. The van der Waals surface area contributed by atoms with Crippen LogP contribution in [0.5, 0.6) is 17.2 Å². The first kappa shape index (κ1) is 21.9. The molecule has 0 fully saturated rings. The molecule has 150 valence electrons. The average molecular weight is 413 g/mol. The summed E-state index contributed by atoms with van der Waals surface area (Å²) in [6.45, 7) is 6.33. The van der Waals surface area contributed by atoms with Gasteiger partial charge in [-0.2, -0.15) is 5.10 Å². The van der Waals surface area contributed by atoms with Crippen molar-refractivity contribution in [1.82, 2.24) is 5.43 Å². The molecule has 1 N–H and O–H groups in total. The summed E-state index contributed by atoms with van der Waals surface area (Å²) in [4.78, 5) is 12.4. The minimum absolute atomic E-state index is 0.106. The molecule has 0 aromatic heterocycles.